The van der Waals surface area contributed by atoms with Crippen LogP contribution in [0.3, 0.4) is 0 Å². The van der Waals surface area contributed by atoms with Gasteiger partial charge in [-0.3, -0.25) is 0 Å². The van der Waals surface area contributed by atoms with E-state index >= 15 is 0 Å². The van der Waals surface area contributed by atoms with Gasteiger partial charge >= 0.3 is 6.03 Å². The highest BCUT2D eigenvalue weighted by Crippen LogP contribution is 2.25. The quantitative estimate of drug-likeness (QED) is 0.892. The second kappa shape index (κ2) is 6.39. The van der Waals surface area contributed by atoms with Crippen LogP contribution in [0.15, 0.2) is 6.07 Å². The van der Waals surface area contributed by atoms with E-state index in [2.05, 4.69) is 30.5 Å². The molecule has 1 fully saturated rings. The van der Waals surface area contributed by atoms with Crippen LogP contribution in [-0.4, -0.2) is 25.3 Å². The third-order valence-electron chi connectivity index (χ3n) is 3.41. The molecule has 1 saturated heterocycles. The normalized spacial score (nSPS) is 20.3. The third kappa shape index (κ3) is 3.94. The first kappa shape index (κ1) is 14.3. The minimum absolute atomic E-state index is 0.0365. The van der Waals surface area contributed by atoms with Gasteiger partial charge in [-0.25, -0.2) is 4.79 Å². The second-order valence-electron chi connectivity index (χ2n) is 5.08. The highest BCUT2D eigenvalue weighted by atomic mass is 32.1. The molecule has 0 unspecified atom stereocenters. The Morgan fingerprint density at radius 2 is 2.37 bits per heavy atom. The molecule has 2 rings (SSSR count). The van der Waals surface area contributed by atoms with Gasteiger partial charge in [-0.15, -0.1) is 11.3 Å². The lowest BCUT2D eigenvalue weighted by molar-refractivity contribution is 0.111. The number of urea groups is 1. The van der Waals surface area contributed by atoms with Crippen molar-refractivity contribution in [3.8, 4) is 0 Å². The first-order valence-corrected chi connectivity index (χ1v) is 7.61. The third-order valence-corrected chi connectivity index (χ3v) is 4.39. The molecule has 0 radical (unpaired) electrons. The average molecular weight is 282 g/mol. The van der Waals surface area contributed by atoms with E-state index in [1.807, 2.05) is 6.92 Å². The minimum atomic E-state index is -0.119. The van der Waals surface area contributed by atoms with Gasteiger partial charge in [0.2, 0.25) is 0 Å². The molecule has 1 aromatic heterocycles. The summed E-state index contributed by atoms with van der Waals surface area (Å²) in [5.74, 6) is 0. The molecule has 0 aliphatic carbocycles. The summed E-state index contributed by atoms with van der Waals surface area (Å²) in [7, 11) is 0. The molecule has 0 bridgehead atoms. The molecule has 0 aromatic carbocycles. The van der Waals surface area contributed by atoms with Crippen LogP contribution < -0.4 is 10.6 Å². The molecule has 4 nitrogen and oxygen atoms in total. The molecular formula is C14H22N2O2S. The second-order valence-corrected chi connectivity index (χ2v) is 6.54. The van der Waals surface area contributed by atoms with Crippen LogP contribution in [0.25, 0.3) is 0 Å². The van der Waals surface area contributed by atoms with Crippen molar-refractivity contribution < 1.29 is 9.53 Å². The summed E-state index contributed by atoms with van der Waals surface area (Å²) in [6, 6.07) is 2.06. The highest BCUT2D eigenvalue weighted by molar-refractivity contribution is 7.12. The van der Waals surface area contributed by atoms with Crippen LogP contribution in [0, 0.1) is 13.8 Å². The molecule has 2 N–H and O–H groups in total. The summed E-state index contributed by atoms with van der Waals surface area (Å²) in [6.45, 7) is 7.61. The Morgan fingerprint density at radius 3 is 2.95 bits per heavy atom. The van der Waals surface area contributed by atoms with Crippen LogP contribution >= 0.6 is 11.3 Å². The summed E-state index contributed by atoms with van der Waals surface area (Å²) in [5, 5.41) is 5.86. The molecule has 2 heterocycles. The molecule has 1 aromatic rings. The van der Waals surface area contributed by atoms with E-state index in [9.17, 15) is 4.79 Å². The van der Waals surface area contributed by atoms with Gasteiger partial charge in [-0.2, -0.15) is 0 Å². The Bertz CT molecular complexity index is 439. The molecule has 2 amide bonds. The lowest BCUT2D eigenvalue weighted by Gasteiger charge is -2.16. The maximum Gasteiger partial charge on any atom is 0.315 e. The largest absolute Gasteiger partial charge is 0.376 e. The van der Waals surface area contributed by atoms with E-state index in [1.54, 1.807) is 11.3 Å². The Labute approximate surface area is 118 Å². The summed E-state index contributed by atoms with van der Waals surface area (Å²) in [4.78, 5) is 14.4. The van der Waals surface area contributed by atoms with E-state index in [4.69, 9.17) is 4.74 Å². The predicted molar refractivity (Wildman–Crippen MR) is 77.7 cm³/mol. The van der Waals surface area contributed by atoms with Crippen molar-refractivity contribution in [3.05, 3.63) is 21.4 Å². The lowest BCUT2D eigenvalue weighted by atomic mass is 10.1. The summed E-state index contributed by atoms with van der Waals surface area (Å²) in [6.07, 6.45) is 2.32. The summed E-state index contributed by atoms with van der Waals surface area (Å²) < 4.78 is 5.47. The van der Waals surface area contributed by atoms with Crippen molar-refractivity contribution in [1.29, 1.82) is 0 Å². The van der Waals surface area contributed by atoms with Crippen molar-refractivity contribution in [3.63, 3.8) is 0 Å². The molecular weight excluding hydrogens is 260 g/mol. The van der Waals surface area contributed by atoms with Crippen LogP contribution in [0.5, 0.6) is 0 Å². The van der Waals surface area contributed by atoms with Gasteiger partial charge in [0.15, 0.2) is 0 Å². The van der Waals surface area contributed by atoms with E-state index in [0.29, 0.717) is 6.54 Å². The molecule has 0 spiro atoms. The van der Waals surface area contributed by atoms with Crippen LogP contribution in [0.2, 0.25) is 0 Å². The van der Waals surface area contributed by atoms with E-state index in [1.165, 1.54) is 15.3 Å². The lowest BCUT2D eigenvalue weighted by Crippen LogP contribution is -2.40. The maximum absolute atomic E-state index is 11.8. The Balaban J connectivity index is 1.79. The van der Waals surface area contributed by atoms with Gasteiger partial charge in [0.25, 0.3) is 0 Å². The van der Waals surface area contributed by atoms with Gasteiger partial charge in [0.05, 0.1) is 12.1 Å². The zero-order chi connectivity index (χ0) is 13.8. The zero-order valence-electron chi connectivity index (χ0n) is 11.8. The number of hydrogen-bond acceptors (Lipinski definition) is 3. The van der Waals surface area contributed by atoms with E-state index in [-0.39, 0.29) is 18.2 Å². The highest BCUT2D eigenvalue weighted by Gasteiger charge is 2.17. The maximum atomic E-state index is 11.8. The van der Waals surface area contributed by atoms with Gasteiger partial charge in [0, 0.05) is 22.9 Å². The number of carbonyl (C=O) groups is 1. The van der Waals surface area contributed by atoms with Crippen molar-refractivity contribution in [1.82, 2.24) is 10.6 Å². The van der Waals surface area contributed by atoms with Gasteiger partial charge < -0.3 is 15.4 Å². The molecule has 5 heteroatoms. The van der Waals surface area contributed by atoms with Crippen molar-refractivity contribution >= 4 is 17.4 Å². The van der Waals surface area contributed by atoms with Gasteiger partial charge in [-0.1, -0.05) is 0 Å². The zero-order valence-corrected chi connectivity index (χ0v) is 12.6. The number of ether oxygens (including phenoxy) is 1. The molecule has 2 atom stereocenters. The first-order valence-electron chi connectivity index (χ1n) is 6.79. The Morgan fingerprint density at radius 1 is 1.58 bits per heavy atom. The number of thiophene rings is 1. The van der Waals surface area contributed by atoms with E-state index in [0.717, 1.165) is 19.4 Å². The SMILES string of the molecule is Cc1cc([C@@H](C)NC(=O)NC[C@H]2CCCO2)c(C)s1. The first-order chi connectivity index (χ1) is 9.06. The molecule has 19 heavy (non-hydrogen) atoms. The molecule has 0 saturated carbocycles. The Hall–Kier alpha value is -1.07. The average Bonchev–Trinajstić information content (AvgIpc) is 2.96. The molecule has 1 aliphatic heterocycles. The Kier molecular flexibility index (Phi) is 4.82. The number of aryl methyl sites for hydroxylation is 2. The van der Waals surface area contributed by atoms with Crippen molar-refractivity contribution in [2.45, 2.75) is 45.8 Å². The standard InChI is InChI=1S/C14H22N2O2S/c1-9-7-13(11(3)19-9)10(2)16-14(17)15-8-12-5-4-6-18-12/h7,10,12H,4-6,8H2,1-3H3,(H2,15,16,17)/t10-,12-/m1/s1. The smallest absolute Gasteiger partial charge is 0.315 e. The van der Waals surface area contributed by atoms with Crippen LogP contribution in [-0.2, 0) is 4.74 Å². The van der Waals surface area contributed by atoms with Crippen LogP contribution in [0.1, 0.15) is 41.1 Å². The summed E-state index contributed by atoms with van der Waals surface area (Å²) >= 11 is 1.77. The van der Waals surface area contributed by atoms with Crippen molar-refractivity contribution in [2.24, 2.45) is 0 Å². The van der Waals surface area contributed by atoms with Gasteiger partial charge in [0.1, 0.15) is 0 Å². The number of nitrogens with one attached hydrogen (secondary N) is 2. The fourth-order valence-electron chi connectivity index (χ4n) is 2.42. The van der Waals surface area contributed by atoms with Crippen molar-refractivity contribution in [2.75, 3.05) is 13.2 Å². The predicted octanol–water partition coefficient (Wildman–Crippen LogP) is 2.90. The number of hydrogen-bond donors (Lipinski definition) is 2. The molecule has 106 valence electrons. The number of carbonyl (C=O) groups excluding carboxylic acids is 1. The topological polar surface area (TPSA) is 50.4 Å². The number of rotatable bonds is 4. The minimum Gasteiger partial charge on any atom is -0.376 e. The summed E-state index contributed by atoms with van der Waals surface area (Å²) in [5.41, 5.74) is 1.20. The molecule has 1 aliphatic rings. The fraction of sp³-hybridized carbons (Fsp3) is 0.643. The van der Waals surface area contributed by atoms with Crippen LogP contribution in [0.4, 0.5) is 4.79 Å². The fourth-order valence-corrected chi connectivity index (χ4v) is 3.44. The number of amides is 2. The van der Waals surface area contributed by atoms with Gasteiger partial charge in [-0.05, 0) is 45.2 Å². The van der Waals surface area contributed by atoms with E-state index < -0.39 is 0 Å². The monoisotopic (exact) mass is 282 g/mol.